The summed E-state index contributed by atoms with van der Waals surface area (Å²) in [6.45, 7) is 6.63. The van der Waals surface area contributed by atoms with Crippen molar-refractivity contribution < 1.29 is 9.59 Å². The Morgan fingerprint density at radius 1 is 0.933 bits per heavy atom. The molecule has 0 atom stereocenters. The Bertz CT molecular complexity index is 869. The Labute approximate surface area is 182 Å². The van der Waals surface area contributed by atoms with Gasteiger partial charge in [-0.1, -0.05) is 42.5 Å². The van der Waals surface area contributed by atoms with Crippen molar-refractivity contribution >= 4 is 29.3 Å². The Morgan fingerprint density at radius 2 is 1.63 bits per heavy atom. The van der Waals surface area contributed by atoms with E-state index in [9.17, 15) is 9.59 Å². The number of carbonyl (C=O) groups is 2. The molecule has 2 aromatic carbocycles. The van der Waals surface area contributed by atoms with Crippen molar-refractivity contribution in [2.75, 3.05) is 56.5 Å². The van der Waals surface area contributed by atoms with Crippen LogP contribution >= 0.6 is 11.8 Å². The van der Waals surface area contributed by atoms with Crippen molar-refractivity contribution in [2.45, 2.75) is 11.4 Å². The summed E-state index contributed by atoms with van der Waals surface area (Å²) in [5, 5.41) is 2.98. The molecule has 2 amide bonds. The molecule has 158 valence electrons. The summed E-state index contributed by atoms with van der Waals surface area (Å²) < 4.78 is 0. The normalized spacial score (nSPS) is 17.6. The predicted molar refractivity (Wildman–Crippen MR) is 121 cm³/mol. The minimum absolute atomic E-state index is 0.0108. The number of benzene rings is 2. The van der Waals surface area contributed by atoms with Crippen LogP contribution in [0.5, 0.6) is 0 Å². The van der Waals surface area contributed by atoms with Crippen molar-refractivity contribution in [1.29, 1.82) is 0 Å². The lowest BCUT2D eigenvalue weighted by molar-refractivity contribution is -0.123. The van der Waals surface area contributed by atoms with E-state index in [0.717, 1.165) is 49.9 Å². The lowest BCUT2D eigenvalue weighted by Crippen LogP contribution is -2.49. The van der Waals surface area contributed by atoms with Crippen LogP contribution in [0, 0.1) is 0 Å². The van der Waals surface area contributed by atoms with Crippen molar-refractivity contribution in [3.8, 4) is 0 Å². The number of para-hydroxylation sites is 1. The Morgan fingerprint density at radius 3 is 2.43 bits per heavy atom. The van der Waals surface area contributed by atoms with Crippen LogP contribution in [0.25, 0.3) is 0 Å². The zero-order valence-corrected chi connectivity index (χ0v) is 17.9. The highest BCUT2D eigenvalue weighted by atomic mass is 32.2. The number of carbonyl (C=O) groups excluding carboxylic acids is 2. The fraction of sp³-hybridized carbons (Fsp3) is 0.391. The minimum Gasteiger partial charge on any atom is -0.353 e. The minimum atomic E-state index is -0.104. The van der Waals surface area contributed by atoms with Gasteiger partial charge in [0.05, 0.1) is 11.4 Å². The molecule has 1 N–H and O–H groups in total. The third-order valence-corrected chi connectivity index (χ3v) is 6.62. The molecule has 0 bridgehead atoms. The number of rotatable bonds is 7. The van der Waals surface area contributed by atoms with Gasteiger partial charge in [0, 0.05) is 50.7 Å². The summed E-state index contributed by atoms with van der Waals surface area (Å²) >= 11 is 1.53. The van der Waals surface area contributed by atoms with Gasteiger partial charge in [-0.05, 0) is 17.7 Å². The SMILES string of the molecule is O=C(CN1C(=O)CSc2ccccc21)NCCN1CCN(Cc2ccccc2)CC1. The lowest BCUT2D eigenvalue weighted by Gasteiger charge is -2.34. The van der Waals surface area contributed by atoms with E-state index in [-0.39, 0.29) is 18.4 Å². The molecule has 0 unspecified atom stereocenters. The van der Waals surface area contributed by atoms with Crippen LogP contribution in [0.3, 0.4) is 0 Å². The van der Waals surface area contributed by atoms with Crippen molar-refractivity contribution in [1.82, 2.24) is 15.1 Å². The predicted octanol–water partition coefficient (Wildman–Crippen LogP) is 2.06. The maximum Gasteiger partial charge on any atom is 0.240 e. The highest BCUT2D eigenvalue weighted by Crippen LogP contribution is 2.34. The smallest absolute Gasteiger partial charge is 0.240 e. The molecule has 2 aliphatic rings. The highest BCUT2D eigenvalue weighted by molar-refractivity contribution is 8.00. The van der Waals surface area contributed by atoms with Gasteiger partial charge < -0.3 is 10.2 Å². The molecule has 30 heavy (non-hydrogen) atoms. The van der Waals surface area contributed by atoms with Crippen LogP contribution < -0.4 is 10.2 Å². The summed E-state index contributed by atoms with van der Waals surface area (Å²) in [5.41, 5.74) is 2.19. The first-order valence-corrected chi connectivity index (χ1v) is 11.4. The quantitative estimate of drug-likeness (QED) is 0.737. The van der Waals surface area contributed by atoms with Crippen molar-refractivity contribution in [2.24, 2.45) is 0 Å². The van der Waals surface area contributed by atoms with E-state index in [1.165, 1.54) is 17.3 Å². The van der Waals surface area contributed by atoms with Gasteiger partial charge in [0.1, 0.15) is 6.54 Å². The number of hydrogen-bond donors (Lipinski definition) is 1. The van der Waals surface area contributed by atoms with Gasteiger partial charge in [0.25, 0.3) is 0 Å². The second kappa shape index (κ2) is 10.1. The maximum absolute atomic E-state index is 12.4. The molecule has 7 heteroatoms. The molecule has 0 radical (unpaired) electrons. The average molecular weight is 425 g/mol. The van der Waals surface area contributed by atoms with Crippen LogP contribution in [-0.2, 0) is 16.1 Å². The van der Waals surface area contributed by atoms with E-state index >= 15 is 0 Å². The Balaban J connectivity index is 1.17. The van der Waals surface area contributed by atoms with Gasteiger partial charge in [-0.25, -0.2) is 0 Å². The monoisotopic (exact) mass is 424 g/mol. The van der Waals surface area contributed by atoms with Crippen LogP contribution in [-0.4, -0.2) is 73.2 Å². The molecule has 1 fully saturated rings. The van der Waals surface area contributed by atoms with Gasteiger partial charge in [0.15, 0.2) is 0 Å². The van der Waals surface area contributed by atoms with E-state index in [0.29, 0.717) is 12.3 Å². The molecule has 1 saturated heterocycles. The van der Waals surface area contributed by atoms with E-state index in [1.807, 2.05) is 24.3 Å². The van der Waals surface area contributed by atoms with E-state index in [1.54, 1.807) is 4.90 Å². The van der Waals surface area contributed by atoms with Crippen molar-refractivity contribution in [3.63, 3.8) is 0 Å². The first kappa shape index (κ1) is 20.9. The van der Waals surface area contributed by atoms with Gasteiger partial charge in [-0.15, -0.1) is 11.8 Å². The summed E-state index contributed by atoms with van der Waals surface area (Å²) in [6, 6.07) is 18.3. The molecule has 0 aliphatic carbocycles. The average Bonchev–Trinajstić information content (AvgIpc) is 2.78. The first-order chi connectivity index (χ1) is 14.7. The fourth-order valence-corrected chi connectivity index (χ4v) is 4.83. The van der Waals surface area contributed by atoms with Crippen molar-refractivity contribution in [3.05, 3.63) is 60.2 Å². The van der Waals surface area contributed by atoms with E-state index < -0.39 is 0 Å². The van der Waals surface area contributed by atoms with Gasteiger partial charge in [-0.2, -0.15) is 0 Å². The van der Waals surface area contributed by atoms with Crippen LogP contribution in [0.4, 0.5) is 5.69 Å². The molecule has 2 aliphatic heterocycles. The molecule has 2 heterocycles. The zero-order chi connectivity index (χ0) is 20.8. The summed E-state index contributed by atoms with van der Waals surface area (Å²) in [4.78, 5) is 32.2. The molecule has 0 saturated carbocycles. The third kappa shape index (κ3) is 5.41. The zero-order valence-electron chi connectivity index (χ0n) is 17.1. The van der Waals surface area contributed by atoms with Crippen LogP contribution in [0.1, 0.15) is 5.56 Å². The summed E-state index contributed by atoms with van der Waals surface area (Å²) in [7, 11) is 0. The fourth-order valence-electron chi connectivity index (χ4n) is 3.89. The summed E-state index contributed by atoms with van der Waals surface area (Å²) in [6.07, 6.45) is 0. The number of fused-ring (bicyclic) bond motifs is 1. The number of nitrogens with one attached hydrogen (secondary N) is 1. The largest absolute Gasteiger partial charge is 0.353 e. The highest BCUT2D eigenvalue weighted by Gasteiger charge is 2.26. The van der Waals surface area contributed by atoms with Gasteiger partial charge in [-0.3, -0.25) is 19.4 Å². The first-order valence-electron chi connectivity index (χ1n) is 10.5. The number of thioether (sulfide) groups is 1. The summed E-state index contributed by atoms with van der Waals surface area (Å²) in [5.74, 6) is 0.272. The van der Waals surface area contributed by atoms with Gasteiger partial charge >= 0.3 is 0 Å². The number of nitrogens with zero attached hydrogens (tertiary/aromatic N) is 3. The van der Waals surface area contributed by atoms with Crippen LogP contribution in [0.15, 0.2) is 59.5 Å². The Kier molecular flexibility index (Phi) is 7.04. The molecular weight excluding hydrogens is 396 g/mol. The van der Waals surface area contributed by atoms with E-state index in [2.05, 4.69) is 45.4 Å². The standard InChI is InChI=1S/C23H28N4O2S/c28-22(17-27-20-8-4-5-9-21(20)30-18-23(27)29)24-10-11-25-12-14-26(15-13-25)16-19-6-2-1-3-7-19/h1-9H,10-18H2,(H,24,28). The lowest BCUT2D eigenvalue weighted by atomic mass is 10.2. The molecule has 2 aromatic rings. The number of piperazine rings is 1. The topological polar surface area (TPSA) is 55.9 Å². The molecule has 4 rings (SSSR count). The second-order valence-electron chi connectivity index (χ2n) is 7.69. The van der Waals surface area contributed by atoms with E-state index in [4.69, 9.17) is 0 Å². The molecule has 6 nitrogen and oxygen atoms in total. The van der Waals surface area contributed by atoms with Gasteiger partial charge in [0.2, 0.25) is 11.8 Å². The molecule has 0 spiro atoms. The maximum atomic E-state index is 12.4. The number of amides is 2. The number of hydrogen-bond acceptors (Lipinski definition) is 5. The second-order valence-corrected chi connectivity index (χ2v) is 8.71. The molecular formula is C23H28N4O2S. The molecule has 0 aromatic heterocycles. The third-order valence-electron chi connectivity index (χ3n) is 5.57. The number of anilines is 1. The van der Waals surface area contributed by atoms with Crippen LogP contribution in [0.2, 0.25) is 0 Å². The Hall–Kier alpha value is -2.35.